The zero-order chi connectivity index (χ0) is 30.8. The van der Waals surface area contributed by atoms with Crippen molar-refractivity contribution in [2.24, 2.45) is 41.4 Å². The van der Waals surface area contributed by atoms with Crippen LogP contribution in [-0.4, -0.2) is 54.0 Å². The molecule has 18 heteroatoms. The molecule has 40 heavy (non-hydrogen) atoms. The topological polar surface area (TPSA) is 26.3 Å². The van der Waals surface area contributed by atoms with Crippen LogP contribution in [0.5, 0.6) is 0 Å². The molecule has 0 radical (unpaired) electrons. The highest BCUT2D eigenvalue weighted by Crippen LogP contribution is 2.73. The summed E-state index contributed by atoms with van der Waals surface area (Å²) in [4.78, 5) is 11.8. The molecule has 8 atom stereocenters. The molecule has 4 aliphatic rings. The van der Waals surface area contributed by atoms with Crippen molar-refractivity contribution in [1.82, 2.24) is 0 Å². The highest BCUT2D eigenvalue weighted by Gasteiger charge is 2.91. The maximum Gasteiger partial charge on any atom is 0.460 e. The van der Waals surface area contributed by atoms with Gasteiger partial charge in [-0.2, -0.15) is 70.2 Å². The summed E-state index contributed by atoms with van der Waals surface area (Å²) in [6.45, 7) is 2.58. The van der Waals surface area contributed by atoms with Crippen molar-refractivity contribution in [2.75, 3.05) is 0 Å². The van der Waals surface area contributed by atoms with Gasteiger partial charge >= 0.3 is 47.9 Å². The molecule has 0 saturated heterocycles. The minimum Gasteiger partial charge on any atom is -0.458 e. The first-order valence-electron chi connectivity index (χ1n) is 11.7. The third-order valence-corrected chi connectivity index (χ3v) is 9.03. The van der Waals surface area contributed by atoms with Gasteiger partial charge in [-0.1, -0.05) is 6.58 Å². The van der Waals surface area contributed by atoms with Crippen LogP contribution in [0.3, 0.4) is 0 Å². The first kappa shape index (κ1) is 31.0. The number of carbonyl (C=O) groups is 1. The largest absolute Gasteiger partial charge is 0.460 e. The Bertz CT molecular complexity index is 1060. The highest BCUT2D eigenvalue weighted by atomic mass is 19.4. The van der Waals surface area contributed by atoms with E-state index in [-0.39, 0.29) is 19.3 Å². The van der Waals surface area contributed by atoms with Crippen LogP contribution in [0.25, 0.3) is 0 Å². The maximum absolute atomic E-state index is 14.9. The minimum absolute atomic E-state index is 0.0689. The van der Waals surface area contributed by atoms with E-state index in [1.165, 1.54) is 0 Å². The van der Waals surface area contributed by atoms with Gasteiger partial charge in [-0.05, 0) is 61.2 Å². The van der Waals surface area contributed by atoms with Gasteiger partial charge in [-0.3, -0.25) is 0 Å². The predicted octanol–water partition coefficient (Wildman–Crippen LogP) is 7.68. The molecule has 0 amide bonds. The van der Waals surface area contributed by atoms with Crippen LogP contribution in [0, 0.1) is 41.4 Å². The number of rotatable bonds is 7. The molecule has 0 aromatic rings. The van der Waals surface area contributed by atoms with Gasteiger partial charge in [0.05, 0.1) is 0 Å². The van der Waals surface area contributed by atoms with Crippen LogP contribution in [0.4, 0.5) is 70.2 Å². The van der Waals surface area contributed by atoms with E-state index in [1.807, 2.05) is 0 Å². The van der Waals surface area contributed by atoms with Crippen molar-refractivity contribution in [2.45, 2.75) is 73.8 Å². The molecular weight excluding hydrogens is 600 g/mol. The molecule has 8 unspecified atom stereocenters. The Morgan fingerprint density at radius 3 is 1.55 bits per heavy atom. The second-order valence-corrected chi connectivity index (χ2v) is 10.9. The second-order valence-electron chi connectivity index (χ2n) is 10.9. The number of fused-ring (bicyclic) bond motifs is 9. The normalized spacial score (nSPS) is 34.8. The van der Waals surface area contributed by atoms with Gasteiger partial charge in [-0.25, -0.2) is 4.79 Å². The van der Waals surface area contributed by atoms with E-state index in [9.17, 15) is 75.0 Å². The number of carbonyl (C=O) groups excluding carboxylic acids is 1. The van der Waals surface area contributed by atoms with Gasteiger partial charge in [0.25, 0.3) is 0 Å². The Morgan fingerprint density at radius 1 is 0.600 bits per heavy atom. The van der Waals surface area contributed by atoms with Crippen LogP contribution < -0.4 is 0 Å². The molecule has 0 spiro atoms. The van der Waals surface area contributed by atoms with E-state index < -0.39 is 107 Å². The third kappa shape index (κ3) is 3.87. The lowest BCUT2D eigenvalue weighted by Gasteiger charge is -2.46. The van der Waals surface area contributed by atoms with Crippen molar-refractivity contribution in [3.8, 4) is 0 Å². The molecule has 4 aliphatic carbocycles. The van der Waals surface area contributed by atoms with E-state index >= 15 is 0 Å². The zero-order valence-corrected chi connectivity index (χ0v) is 19.5. The lowest BCUT2D eigenvalue weighted by molar-refractivity contribution is -0.444. The molecule has 0 aromatic heterocycles. The average Bonchev–Trinajstić information content (AvgIpc) is 3.55. The number of esters is 1. The lowest BCUT2D eigenvalue weighted by atomic mass is 9.64. The monoisotopic (exact) mass is 618 g/mol. The molecule has 4 fully saturated rings. The Hall–Kier alpha value is -1.91. The summed E-state index contributed by atoms with van der Waals surface area (Å²) in [7, 11) is 0. The molecule has 0 aliphatic heterocycles. The number of hydrogen-bond acceptors (Lipinski definition) is 2. The van der Waals surface area contributed by atoms with Crippen molar-refractivity contribution >= 4 is 5.97 Å². The van der Waals surface area contributed by atoms with E-state index in [0.717, 1.165) is 0 Å². The van der Waals surface area contributed by atoms with Crippen molar-refractivity contribution in [3.63, 3.8) is 0 Å². The van der Waals surface area contributed by atoms with Gasteiger partial charge in [-0.15, -0.1) is 0 Å². The summed E-state index contributed by atoms with van der Waals surface area (Å²) in [5.41, 5.74) is -1.82. The van der Waals surface area contributed by atoms with E-state index in [2.05, 4.69) is 6.58 Å². The van der Waals surface area contributed by atoms with Gasteiger partial charge in [0, 0.05) is 5.92 Å². The number of halogens is 16. The second kappa shape index (κ2) is 8.57. The fourth-order valence-corrected chi connectivity index (χ4v) is 7.43. The zero-order valence-electron chi connectivity index (χ0n) is 19.5. The first-order chi connectivity index (χ1) is 17.7. The Balaban J connectivity index is 1.55. The van der Waals surface area contributed by atoms with Crippen LogP contribution in [0.1, 0.15) is 25.7 Å². The first-order valence-corrected chi connectivity index (χ1v) is 11.7. The molecule has 0 aromatic carbocycles. The SMILES string of the molecule is C=C(C(=O)OC1CC2CC1C1C3CC(C21)C(C(F)(F)C(F)(F)C(F)(F)C(F)(F)C(F)(F)C(F)(F)F)C3)C(F)(F)F. The Labute approximate surface area is 214 Å². The van der Waals surface area contributed by atoms with Gasteiger partial charge in [0.2, 0.25) is 0 Å². The fraction of sp³-hybridized carbons (Fsp3) is 0.864. The van der Waals surface area contributed by atoms with E-state index in [1.54, 1.807) is 0 Å². The molecular formula is C22H18F16O2. The van der Waals surface area contributed by atoms with Gasteiger partial charge in [0.1, 0.15) is 11.7 Å². The van der Waals surface area contributed by atoms with Gasteiger partial charge in [0.15, 0.2) is 0 Å². The maximum atomic E-state index is 14.9. The molecule has 4 rings (SSSR count). The summed E-state index contributed by atoms with van der Waals surface area (Å²) >= 11 is 0. The Morgan fingerprint density at radius 2 is 1.05 bits per heavy atom. The summed E-state index contributed by atoms with van der Waals surface area (Å²) in [5.74, 6) is -47.4. The molecule has 0 N–H and O–H groups in total. The smallest absolute Gasteiger partial charge is 0.458 e. The van der Waals surface area contributed by atoms with Crippen LogP contribution in [-0.2, 0) is 9.53 Å². The Kier molecular flexibility index (Phi) is 6.65. The van der Waals surface area contributed by atoms with Crippen LogP contribution in [0.15, 0.2) is 12.2 Å². The molecule has 0 heterocycles. The van der Waals surface area contributed by atoms with Gasteiger partial charge < -0.3 is 4.74 Å². The predicted molar refractivity (Wildman–Crippen MR) is 98.8 cm³/mol. The van der Waals surface area contributed by atoms with Crippen molar-refractivity contribution in [1.29, 1.82) is 0 Å². The molecule has 2 nitrogen and oxygen atoms in total. The molecule has 230 valence electrons. The van der Waals surface area contributed by atoms with E-state index in [4.69, 9.17) is 4.74 Å². The number of alkyl halides is 16. The van der Waals surface area contributed by atoms with E-state index in [0.29, 0.717) is 0 Å². The summed E-state index contributed by atoms with van der Waals surface area (Å²) in [6.07, 6.45) is -15.3. The number of ether oxygens (including phenoxy) is 1. The molecule has 4 bridgehead atoms. The quantitative estimate of drug-likeness (QED) is 0.127. The summed E-state index contributed by atoms with van der Waals surface area (Å²) < 4.78 is 220. The van der Waals surface area contributed by atoms with Crippen molar-refractivity contribution < 1.29 is 79.8 Å². The van der Waals surface area contributed by atoms with Crippen LogP contribution in [0.2, 0.25) is 0 Å². The average molecular weight is 618 g/mol. The standard InChI is InChI=1S/C22H18F16O2/c1-6(17(25,26)27)15(39)40-12-5-8-3-10(12)14-7-2-9(13(8)14)11(4-7)16(23,24)18(28,29)19(30,31)20(32,33)21(34,35)22(36,37)38/h7-14H,1-5H2. The lowest BCUT2D eigenvalue weighted by Crippen LogP contribution is -2.71. The fourth-order valence-electron chi connectivity index (χ4n) is 7.43. The summed E-state index contributed by atoms with van der Waals surface area (Å²) in [5, 5.41) is 0. The highest BCUT2D eigenvalue weighted by molar-refractivity contribution is 5.89. The van der Waals surface area contributed by atoms with Crippen molar-refractivity contribution in [3.05, 3.63) is 12.2 Å². The number of hydrogen-bond donors (Lipinski definition) is 0. The summed E-state index contributed by atoms with van der Waals surface area (Å²) in [6, 6.07) is 0. The minimum atomic E-state index is -7.96. The van der Waals surface area contributed by atoms with Crippen LogP contribution >= 0.6 is 0 Å². The third-order valence-electron chi connectivity index (χ3n) is 9.03. The molecule has 4 saturated carbocycles.